The van der Waals surface area contributed by atoms with Crippen LogP contribution in [0.15, 0.2) is 30.3 Å². The van der Waals surface area contributed by atoms with Gasteiger partial charge in [-0.3, -0.25) is 4.79 Å². The molecule has 0 atom stereocenters. The Morgan fingerprint density at radius 1 is 1.29 bits per heavy atom. The van der Waals surface area contributed by atoms with Gasteiger partial charge in [-0.25, -0.2) is 4.79 Å². The van der Waals surface area contributed by atoms with E-state index in [1.807, 2.05) is 0 Å². The molecule has 17 heavy (non-hydrogen) atoms. The van der Waals surface area contributed by atoms with Crippen molar-refractivity contribution in [1.29, 1.82) is 0 Å². The summed E-state index contributed by atoms with van der Waals surface area (Å²) < 4.78 is 4.86. The van der Waals surface area contributed by atoms with Crippen molar-refractivity contribution in [2.45, 2.75) is 13.3 Å². The Morgan fingerprint density at radius 3 is 2.47 bits per heavy atom. The first-order valence-corrected chi connectivity index (χ1v) is 5.35. The monoisotopic (exact) mass is 233 g/mol. The maximum Gasteiger partial charge on any atom is 0.338 e. The Morgan fingerprint density at radius 2 is 1.94 bits per heavy atom. The van der Waals surface area contributed by atoms with Gasteiger partial charge in [0.25, 0.3) is 0 Å². The van der Waals surface area contributed by atoms with Gasteiger partial charge in [-0.15, -0.1) is 0 Å². The lowest BCUT2D eigenvalue weighted by Crippen LogP contribution is -2.07. The molecule has 90 valence electrons. The van der Waals surface area contributed by atoms with Crippen molar-refractivity contribution in [2.24, 2.45) is 5.73 Å². The second-order valence-electron chi connectivity index (χ2n) is 3.42. The van der Waals surface area contributed by atoms with Crippen LogP contribution in [0, 0.1) is 0 Å². The first-order valence-electron chi connectivity index (χ1n) is 5.35. The summed E-state index contributed by atoms with van der Waals surface area (Å²) in [7, 11) is 0. The molecule has 1 amide bonds. The number of primary amides is 1. The molecule has 0 saturated heterocycles. The Balaban J connectivity index is 2.64. The molecular formula is C13H15NO3. The zero-order valence-corrected chi connectivity index (χ0v) is 9.68. The predicted molar refractivity (Wildman–Crippen MR) is 65.2 cm³/mol. The Hall–Kier alpha value is -2.10. The van der Waals surface area contributed by atoms with Gasteiger partial charge in [-0.1, -0.05) is 24.3 Å². The maximum absolute atomic E-state index is 11.4. The van der Waals surface area contributed by atoms with E-state index in [0.717, 1.165) is 5.56 Å². The van der Waals surface area contributed by atoms with Gasteiger partial charge in [0.15, 0.2) is 0 Å². The third-order valence-electron chi connectivity index (χ3n) is 2.05. The lowest BCUT2D eigenvalue weighted by Gasteiger charge is -2.01. The second kappa shape index (κ2) is 6.48. The van der Waals surface area contributed by atoms with E-state index >= 15 is 0 Å². The summed E-state index contributed by atoms with van der Waals surface area (Å²) in [5.41, 5.74) is 6.42. The third kappa shape index (κ3) is 4.51. The molecule has 0 aliphatic rings. The van der Waals surface area contributed by atoms with Crippen LogP contribution in [0.3, 0.4) is 0 Å². The normalized spacial score (nSPS) is 10.4. The molecule has 0 spiro atoms. The average molecular weight is 233 g/mol. The molecule has 0 aliphatic heterocycles. The van der Waals surface area contributed by atoms with Crippen LogP contribution in [-0.2, 0) is 9.53 Å². The fourth-order valence-corrected chi connectivity index (χ4v) is 1.26. The molecule has 0 aromatic heterocycles. The smallest absolute Gasteiger partial charge is 0.338 e. The first-order chi connectivity index (χ1) is 8.13. The Bertz CT molecular complexity index is 421. The third-order valence-corrected chi connectivity index (χ3v) is 2.05. The number of rotatable bonds is 5. The molecule has 4 nitrogen and oxygen atoms in total. The van der Waals surface area contributed by atoms with E-state index in [2.05, 4.69) is 0 Å². The van der Waals surface area contributed by atoms with Gasteiger partial charge in [-0.2, -0.15) is 0 Å². The molecule has 0 fully saturated rings. The van der Waals surface area contributed by atoms with Crippen LogP contribution in [0.4, 0.5) is 0 Å². The van der Waals surface area contributed by atoms with Crippen molar-refractivity contribution in [3.05, 3.63) is 41.5 Å². The summed E-state index contributed by atoms with van der Waals surface area (Å²) in [6.07, 6.45) is 3.67. The van der Waals surface area contributed by atoms with Crippen LogP contribution in [0.2, 0.25) is 0 Å². The minimum absolute atomic E-state index is 0.208. The van der Waals surface area contributed by atoms with E-state index in [1.165, 1.54) is 0 Å². The summed E-state index contributed by atoms with van der Waals surface area (Å²) >= 11 is 0. The van der Waals surface area contributed by atoms with Crippen LogP contribution in [0.1, 0.15) is 29.3 Å². The number of carbonyl (C=O) groups excluding carboxylic acids is 2. The zero-order chi connectivity index (χ0) is 12.7. The van der Waals surface area contributed by atoms with Crippen molar-refractivity contribution in [1.82, 2.24) is 0 Å². The van der Waals surface area contributed by atoms with Gasteiger partial charge in [-0.05, 0) is 24.6 Å². The molecule has 0 bridgehead atoms. The molecule has 1 aromatic carbocycles. The van der Waals surface area contributed by atoms with E-state index in [4.69, 9.17) is 10.5 Å². The van der Waals surface area contributed by atoms with Crippen LogP contribution < -0.4 is 5.73 Å². The van der Waals surface area contributed by atoms with Gasteiger partial charge >= 0.3 is 5.97 Å². The highest BCUT2D eigenvalue weighted by Gasteiger charge is 2.04. The number of hydrogen-bond acceptors (Lipinski definition) is 3. The van der Waals surface area contributed by atoms with Gasteiger partial charge in [0.05, 0.1) is 12.2 Å². The van der Waals surface area contributed by atoms with Crippen molar-refractivity contribution in [3.8, 4) is 0 Å². The van der Waals surface area contributed by atoms with Crippen LogP contribution in [-0.4, -0.2) is 18.5 Å². The van der Waals surface area contributed by atoms with Gasteiger partial charge in [0.1, 0.15) is 0 Å². The zero-order valence-electron chi connectivity index (χ0n) is 9.68. The summed E-state index contributed by atoms with van der Waals surface area (Å²) in [4.78, 5) is 21.9. The van der Waals surface area contributed by atoms with Crippen molar-refractivity contribution in [2.75, 3.05) is 6.61 Å². The number of ether oxygens (including phenoxy) is 1. The second-order valence-corrected chi connectivity index (χ2v) is 3.42. The number of benzene rings is 1. The molecule has 0 unspecified atom stereocenters. The molecule has 0 aliphatic carbocycles. The minimum atomic E-state index is -0.371. The largest absolute Gasteiger partial charge is 0.462 e. The van der Waals surface area contributed by atoms with E-state index in [0.29, 0.717) is 12.2 Å². The van der Waals surface area contributed by atoms with Gasteiger partial charge < -0.3 is 10.5 Å². The highest BCUT2D eigenvalue weighted by molar-refractivity contribution is 5.89. The van der Waals surface area contributed by atoms with Gasteiger partial charge in [0.2, 0.25) is 5.91 Å². The van der Waals surface area contributed by atoms with Gasteiger partial charge in [0, 0.05) is 6.42 Å². The maximum atomic E-state index is 11.4. The standard InChI is InChI=1S/C13H15NO3/c1-2-17-13(16)11-8-6-10(7-9-11)4-3-5-12(14)15/h3-4,6-9H,2,5H2,1H3,(H2,14,15). The fourth-order valence-electron chi connectivity index (χ4n) is 1.26. The number of carbonyl (C=O) groups is 2. The molecule has 0 radical (unpaired) electrons. The first kappa shape index (κ1) is 13.0. The number of esters is 1. The SMILES string of the molecule is CCOC(=O)c1ccc(C=CCC(N)=O)cc1. The molecule has 0 heterocycles. The predicted octanol–water partition coefficient (Wildman–Crippen LogP) is 1.75. The lowest BCUT2D eigenvalue weighted by molar-refractivity contribution is -0.117. The van der Waals surface area contributed by atoms with E-state index < -0.39 is 0 Å². The number of nitrogens with two attached hydrogens (primary N) is 1. The molecule has 1 rings (SSSR count). The minimum Gasteiger partial charge on any atom is -0.462 e. The lowest BCUT2D eigenvalue weighted by atomic mass is 10.1. The summed E-state index contributed by atoms with van der Waals surface area (Å²) in [6, 6.07) is 6.93. The van der Waals surface area contributed by atoms with Crippen molar-refractivity contribution >= 4 is 18.0 Å². The number of amides is 1. The van der Waals surface area contributed by atoms with E-state index in [-0.39, 0.29) is 18.3 Å². The highest BCUT2D eigenvalue weighted by atomic mass is 16.5. The summed E-state index contributed by atoms with van der Waals surface area (Å²) in [5, 5.41) is 0. The van der Waals surface area contributed by atoms with Crippen LogP contribution in [0.25, 0.3) is 6.08 Å². The van der Waals surface area contributed by atoms with Crippen LogP contribution in [0.5, 0.6) is 0 Å². The fraction of sp³-hybridized carbons (Fsp3) is 0.231. The van der Waals surface area contributed by atoms with Crippen LogP contribution >= 0.6 is 0 Å². The highest BCUT2D eigenvalue weighted by Crippen LogP contribution is 2.08. The Labute approximate surface area is 100 Å². The van der Waals surface area contributed by atoms with E-state index in [9.17, 15) is 9.59 Å². The molecule has 4 heteroatoms. The quantitative estimate of drug-likeness (QED) is 0.788. The van der Waals surface area contributed by atoms with Crippen molar-refractivity contribution in [3.63, 3.8) is 0 Å². The summed E-state index contributed by atoms with van der Waals surface area (Å²) in [5.74, 6) is -0.704. The molecule has 2 N–H and O–H groups in total. The molecule has 1 aromatic rings. The summed E-state index contributed by atoms with van der Waals surface area (Å²) in [6.45, 7) is 2.12. The Kier molecular flexibility index (Phi) is 4.94. The van der Waals surface area contributed by atoms with Crippen molar-refractivity contribution < 1.29 is 14.3 Å². The van der Waals surface area contributed by atoms with E-state index in [1.54, 1.807) is 43.3 Å². The topological polar surface area (TPSA) is 69.4 Å². The molecule has 0 saturated carbocycles. The average Bonchev–Trinajstić information content (AvgIpc) is 2.30. The number of hydrogen-bond donors (Lipinski definition) is 1. The molecular weight excluding hydrogens is 218 g/mol.